The predicted octanol–water partition coefficient (Wildman–Crippen LogP) is 2.20. The van der Waals surface area contributed by atoms with E-state index in [0.717, 1.165) is 0 Å². The summed E-state index contributed by atoms with van der Waals surface area (Å²) in [7, 11) is -3.76. The van der Waals surface area contributed by atoms with Crippen molar-refractivity contribution >= 4 is 47.8 Å². The molecule has 0 aliphatic rings. The van der Waals surface area contributed by atoms with Gasteiger partial charge in [0.05, 0.1) is 12.4 Å². The number of nitrogens with one attached hydrogen (secondary N) is 1. The summed E-state index contributed by atoms with van der Waals surface area (Å²) in [6.07, 6.45) is 2.70. The largest absolute Gasteiger partial charge is 0.265 e. The molecule has 1 heterocycles. The van der Waals surface area contributed by atoms with E-state index in [1.165, 1.54) is 18.5 Å². The van der Waals surface area contributed by atoms with E-state index in [1.54, 1.807) is 12.1 Å². The van der Waals surface area contributed by atoms with Gasteiger partial charge in [-0.3, -0.25) is 0 Å². The third-order valence-electron chi connectivity index (χ3n) is 1.89. The summed E-state index contributed by atoms with van der Waals surface area (Å²) in [5.41, 5.74) is 0. The van der Waals surface area contributed by atoms with Crippen molar-refractivity contribution in [1.29, 1.82) is 0 Å². The summed E-state index contributed by atoms with van der Waals surface area (Å²) in [5.74, 6) is -0.0793. The molecule has 0 unspecified atom stereocenters. The van der Waals surface area contributed by atoms with E-state index < -0.39 is 10.0 Å². The second-order valence-electron chi connectivity index (χ2n) is 3.15. The summed E-state index contributed by atoms with van der Waals surface area (Å²) in [5, 5.41) is 7.11. The molecule has 2 rings (SSSR count). The van der Waals surface area contributed by atoms with E-state index in [0.29, 0.717) is 8.95 Å². The molecule has 0 spiro atoms. The van der Waals surface area contributed by atoms with E-state index in [2.05, 4.69) is 51.8 Å². The number of aromatic nitrogens is 3. The lowest BCUT2D eigenvalue weighted by atomic mass is 10.4. The highest BCUT2D eigenvalue weighted by molar-refractivity contribution is 9.11. The Kier molecular flexibility index (Phi) is 3.93. The molecule has 1 aromatic carbocycles. The average Bonchev–Trinajstić information content (AvgIpc) is 2.33. The van der Waals surface area contributed by atoms with Gasteiger partial charge in [0, 0.05) is 8.95 Å². The van der Waals surface area contributed by atoms with Crippen LogP contribution in [0.4, 0.5) is 5.95 Å². The molecular weight excluding hydrogens is 388 g/mol. The monoisotopic (exact) mass is 392 g/mol. The Morgan fingerprint density at radius 3 is 2.61 bits per heavy atom. The Morgan fingerprint density at radius 2 is 1.94 bits per heavy atom. The van der Waals surface area contributed by atoms with Crippen molar-refractivity contribution in [2.24, 2.45) is 0 Å². The molecule has 0 atom stereocenters. The third-order valence-corrected chi connectivity index (χ3v) is 4.71. The smallest absolute Gasteiger partial charge is 0.246 e. The van der Waals surface area contributed by atoms with Crippen LogP contribution in [0.15, 0.2) is 44.4 Å². The molecule has 2 aromatic rings. The Balaban J connectivity index is 2.40. The van der Waals surface area contributed by atoms with Gasteiger partial charge in [0.15, 0.2) is 0 Å². The maximum absolute atomic E-state index is 12.1. The highest BCUT2D eigenvalue weighted by atomic mass is 79.9. The summed E-state index contributed by atoms with van der Waals surface area (Å²) in [6.45, 7) is 0. The number of sulfonamides is 1. The van der Waals surface area contributed by atoms with Crippen LogP contribution in [0.1, 0.15) is 0 Å². The average molecular weight is 394 g/mol. The van der Waals surface area contributed by atoms with Crippen molar-refractivity contribution in [2.45, 2.75) is 4.90 Å². The van der Waals surface area contributed by atoms with Crippen molar-refractivity contribution in [3.63, 3.8) is 0 Å². The van der Waals surface area contributed by atoms with Crippen molar-refractivity contribution in [3.05, 3.63) is 39.5 Å². The summed E-state index contributed by atoms with van der Waals surface area (Å²) < 4.78 is 27.5. The van der Waals surface area contributed by atoms with E-state index in [4.69, 9.17) is 0 Å². The molecule has 1 aromatic heterocycles. The van der Waals surface area contributed by atoms with Crippen molar-refractivity contribution in [1.82, 2.24) is 15.2 Å². The van der Waals surface area contributed by atoms with Crippen LogP contribution in [-0.2, 0) is 10.0 Å². The van der Waals surface area contributed by atoms with Crippen LogP contribution >= 0.6 is 31.9 Å². The van der Waals surface area contributed by atoms with Gasteiger partial charge in [-0.25, -0.2) is 18.1 Å². The Morgan fingerprint density at radius 1 is 1.17 bits per heavy atom. The molecule has 0 amide bonds. The minimum Gasteiger partial charge on any atom is -0.246 e. The van der Waals surface area contributed by atoms with Crippen molar-refractivity contribution in [2.75, 3.05) is 4.72 Å². The second-order valence-corrected chi connectivity index (χ2v) is 6.57. The fraction of sp³-hybridized carbons (Fsp3) is 0. The van der Waals surface area contributed by atoms with Gasteiger partial charge in [-0.2, -0.15) is 5.10 Å². The Labute approximate surface area is 120 Å². The van der Waals surface area contributed by atoms with Crippen molar-refractivity contribution < 1.29 is 8.42 Å². The van der Waals surface area contributed by atoms with Crippen molar-refractivity contribution in [3.8, 4) is 0 Å². The molecule has 1 N–H and O–H groups in total. The zero-order chi connectivity index (χ0) is 13.2. The Hall–Kier alpha value is -1.06. The zero-order valence-electron chi connectivity index (χ0n) is 8.71. The molecule has 0 aliphatic heterocycles. The number of benzene rings is 1. The van der Waals surface area contributed by atoms with Gasteiger partial charge in [0.1, 0.15) is 4.90 Å². The fourth-order valence-corrected chi connectivity index (χ4v) is 3.60. The van der Waals surface area contributed by atoms with Crippen LogP contribution in [0.5, 0.6) is 0 Å². The molecule has 0 radical (unpaired) electrons. The number of hydrogen-bond donors (Lipinski definition) is 1. The van der Waals surface area contributed by atoms with Crippen LogP contribution in [0.25, 0.3) is 0 Å². The molecule has 0 saturated carbocycles. The second kappa shape index (κ2) is 5.29. The Bertz CT molecular complexity index is 664. The van der Waals surface area contributed by atoms with Crippen LogP contribution in [-0.4, -0.2) is 23.6 Å². The fourth-order valence-electron chi connectivity index (χ4n) is 1.15. The molecule has 18 heavy (non-hydrogen) atoms. The van der Waals surface area contributed by atoms with Gasteiger partial charge in [-0.05, 0) is 34.1 Å². The molecular formula is C9H6Br2N4O2S. The van der Waals surface area contributed by atoms with E-state index in [9.17, 15) is 8.42 Å². The minimum absolute atomic E-state index is 0.0793. The van der Waals surface area contributed by atoms with Gasteiger partial charge >= 0.3 is 0 Å². The molecule has 0 fully saturated rings. The van der Waals surface area contributed by atoms with Crippen LogP contribution in [0.2, 0.25) is 0 Å². The van der Waals surface area contributed by atoms with Gasteiger partial charge in [0.25, 0.3) is 16.0 Å². The molecule has 0 bridgehead atoms. The first-order valence-electron chi connectivity index (χ1n) is 4.60. The summed E-state index contributed by atoms with van der Waals surface area (Å²) in [4.78, 5) is 3.84. The first kappa shape index (κ1) is 13.4. The van der Waals surface area contributed by atoms with E-state index in [1.807, 2.05) is 0 Å². The number of nitrogens with zero attached hydrogens (tertiary/aromatic N) is 3. The topological polar surface area (TPSA) is 84.8 Å². The van der Waals surface area contributed by atoms with Gasteiger partial charge in [-0.15, -0.1) is 5.10 Å². The van der Waals surface area contributed by atoms with Gasteiger partial charge in [-0.1, -0.05) is 15.9 Å². The SMILES string of the molecule is O=S(=O)(Nc1nccnn1)c1cc(Br)ccc1Br. The van der Waals surface area contributed by atoms with Crippen LogP contribution in [0, 0.1) is 0 Å². The maximum atomic E-state index is 12.1. The third kappa shape index (κ3) is 3.03. The number of halogens is 2. The lowest BCUT2D eigenvalue weighted by Gasteiger charge is -2.07. The lowest BCUT2D eigenvalue weighted by Crippen LogP contribution is -2.15. The number of rotatable bonds is 3. The molecule has 9 heteroatoms. The highest BCUT2D eigenvalue weighted by Crippen LogP contribution is 2.26. The van der Waals surface area contributed by atoms with E-state index >= 15 is 0 Å². The summed E-state index contributed by atoms with van der Waals surface area (Å²) >= 11 is 6.40. The van der Waals surface area contributed by atoms with Crippen LogP contribution in [0.3, 0.4) is 0 Å². The predicted molar refractivity (Wildman–Crippen MR) is 72.5 cm³/mol. The summed E-state index contributed by atoms with van der Waals surface area (Å²) in [6, 6.07) is 4.83. The first-order valence-corrected chi connectivity index (χ1v) is 7.67. The van der Waals surface area contributed by atoms with Crippen LogP contribution < -0.4 is 4.72 Å². The zero-order valence-corrected chi connectivity index (χ0v) is 12.7. The minimum atomic E-state index is -3.76. The highest BCUT2D eigenvalue weighted by Gasteiger charge is 2.19. The molecule has 94 valence electrons. The number of hydrogen-bond acceptors (Lipinski definition) is 5. The quantitative estimate of drug-likeness (QED) is 0.863. The molecule has 0 aliphatic carbocycles. The first-order chi connectivity index (χ1) is 8.49. The van der Waals surface area contributed by atoms with Gasteiger partial charge in [0.2, 0.25) is 0 Å². The number of anilines is 1. The molecule has 0 saturated heterocycles. The normalized spacial score (nSPS) is 11.2. The van der Waals surface area contributed by atoms with E-state index in [-0.39, 0.29) is 10.8 Å². The van der Waals surface area contributed by atoms with Gasteiger partial charge < -0.3 is 0 Å². The standard InChI is InChI=1S/C9H6Br2N4O2S/c10-6-1-2-7(11)8(5-6)18(16,17)15-9-12-3-4-13-14-9/h1-5H,(H,12,14,15). The lowest BCUT2D eigenvalue weighted by molar-refractivity contribution is 0.600. The molecule has 6 nitrogen and oxygen atoms in total. The maximum Gasteiger partial charge on any atom is 0.265 e.